The highest BCUT2D eigenvalue weighted by atomic mass is 19.1. The van der Waals surface area contributed by atoms with Crippen LogP contribution in [0.5, 0.6) is 0 Å². The molecule has 0 atom stereocenters. The van der Waals surface area contributed by atoms with Crippen LogP contribution in [0.4, 0.5) is 4.39 Å². The Hall–Kier alpha value is -4.77. The summed E-state index contributed by atoms with van der Waals surface area (Å²) in [7, 11) is 0. The highest BCUT2D eigenvalue weighted by molar-refractivity contribution is 5.95. The van der Waals surface area contributed by atoms with Gasteiger partial charge < -0.3 is 19.1 Å². The molecule has 1 fully saturated rings. The van der Waals surface area contributed by atoms with Crippen molar-refractivity contribution in [1.82, 2.24) is 30.0 Å². The van der Waals surface area contributed by atoms with Gasteiger partial charge >= 0.3 is 0 Å². The third kappa shape index (κ3) is 5.94. The van der Waals surface area contributed by atoms with Gasteiger partial charge in [-0.15, -0.1) is 0 Å². The Morgan fingerprint density at radius 3 is 2.44 bits per heavy atom. The Morgan fingerprint density at radius 1 is 1.00 bits per heavy atom. The molecular weight excluding hydrogens is 551 g/mol. The first kappa shape index (κ1) is 28.4. The van der Waals surface area contributed by atoms with Crippen LogP contribution < -0.4 is 0 Å². The van der Waals surface area contributed by atoms with E-state index in [-0.39, 0.29) is 35.8 Å². The minimum atomic E-state index is -0.418. The van der Waals surface area contributed by atoms with E-state index in [1.807, 2.05) is 39.0 Å². The van der Waals surface area contributed by atoms with Gasteiger partial charge in [-0.05, 0) is 41.8 Å². The molecule has 1 N–H and O–H groups in total. The zero-order valence-electron chi connectivity index (χ0n) is 24.2. The van der Waals surface area contributed by atoms with Gasteiger partial charge in [0.2, 0.25) is 17.5 Å². The monoisotopic (exact) mass is 582 g/mol. The second-order valence-electron chi connectivity index (χ2n) is 11.5. The molecule has 0 aliphatic carbocycles. The lowest BCUT2D eigenvalue weighted by atomic mass is 9.97. The summed E-state index contributed by atoms with van der Waals surface area (Å²) in [5.41, 5.74) is 4.00. The fraction of sp³-hybridized carbons (Fsp3) is 0.312. The minimum absolute atomic E-state index is 0.00882. The van der Waals surface area contributed by atoms with E-state index < -0.39 is 5.82 Å². The minimum Gasteiger partial charge on any atom is -0.378 e. The Bertz CT molecular complexity index is 1800. The number of aryl methyl sites for hydroxylation is 1. The maximum Gasteiger partial charge on any atom is 0.254 e. The van der Waals surface area contributed by atoms with Crippen LogP contribution in [-0.2, 0) is 16.6 Å². The number of Topliss-reactive ketones (excluding diaryl/α,β-unsaturated/α-hetero) is 1. The number of hydrogen-bond donors (Lipinski definition) is 1. The van der Waals surface area contributed by atoms with Crippen molar-refractivity contribution in [2.75, 3.05) is 26.3 Å². The van der Waals surface area contributed by atoms with Crippen LogP contribution in [0.2, 0.25) is 0 Å². The van der Waals surface area contributed by atoms with Crippen molar-refractivity contribution in [3.05, 3.63) is 83.4 Å². The van der Waals surface area contributed by atoms with Crippen molar-refractivity contribution in [3.8, 4) is 22.5 Å². The molecule has 1 saturated heterocycles. The Labute approximate surface area is 247 Å². The molecule has 5 aromatic rings. The van der Waals surface area contributed by atoms with Gasteiger partial charge in [0.1, 0.15) is 11.6 Å². The summed E-state index contributed by atoms with van der Waals surface area (Å²) in [6, 6.07) is 14.0. The second kappa shape index (κ2) is 11.5. The molecule has 1 amide bonds. The van der Waals surface area contributed by atoms with Gasteiger partial charge in [-0.2, -0.15) is 4.98 Å². The van der Waals surface area contributed by atoms with Crippen molar-refractivity contribution >= 4 is 22.9 Å². The molecule has 10 nitrogen and oxygen atoms in total. The Kier molecular flexibility index (Phi) is 7.57. The number of morpholine rings is 1. The lowest BCUT2D eigenvalue weighted by Crippen LogP contribution is -2.40. The number of carbonyl (C=O) groups excluding carboxylic acids is 2. The van der Waals surface area contributed by atoms with Crippen LogP contribution in [0.15, 0.2) is 59.3 Å². The average molecular weight is 583 g/mol. The third-order valence-corrected chi connectivity index (χ3v) is 7.40. The summed E-state index contributed by atoms with van der Waals surface area (Å²) in [6.45, 7) is 8.00. The number of rotatable bonds is 7. The summed E-state index contributed by atoms with van der Waals surface area (Å²) >= 11 is 0. The number of nitrogens with zero attached hydrogens (tertiary/aromatic N) is 5. The molecule has 1 aliphatic rings. The molecule has 4 heterocycles. The number of hydrogen-bond acceptors (Lipinski definition) is 8. The van der Waals surface area contributed by atoms with E-state index in [0.29, 0.717) is 65.9 Å². The van der Waals surface area contributed by atoms with Gasteiger partial charge in [0.15, 0.2) is 5.65 Å². The smallest absolute Gasteiger partial charge is 0.254 e. The lowest BCUT2D eigenvalue weighted by molar-refractivity contribution is 0.0303. The number of nitrogens with one attached hydrogen (secondary N) is 1. The highest BCUT2D eigenvalue weighted by Gasteiger charge is 2.24. The van der Waals surface area contributed by atoms with Crippen molar-refractivity contribution in [2.24, 2.45) is 0 Å². The first-order chi connectivity index (χ1) is 20.7. The zero-order valence-corrected chi connectivity index (χ0v) is 24.2. The number of pyridine rings is 1. The second-order valence-corrected chi connectivity index (χ2v) is 11.5. The fourth-order valence-electron chi connectivity index (χ4n) is 4.93. The number of aromatic nitrogens is 5. The number of ketones is 1. The number of H-pyrrole nitrogens is 1. The molecule has 6 rings (SSSR count). The molecule has 0 spiro atoms. The van der Waals surface area contributed by atoms with E-state index in [0.717, 1.165) is 11.1 Å². The quantitative estimate of drug-likeness (QED) is 0.253. The van der Waals surface area contributed by atoms with Crippen molar-refractivity contribution < 1.29 is 23.2 Å². The van der Waals surface area contributed by atoms with Crippen LogP contribution in [0.25, 0.3) is 33.7 Å². The molecule has 11 heteroatoms. The van der Waals surface area contributed by atoms with Gasteiger partial charge in [0.05, 0.1) is 18.7 Å². The zero-order chi connectivity index (χ0) is 30.1. The third-order valence-electron chi connectivity index (χ3n) is 7.40. The first-order valence-electron chi connectivity index (χ1n) is 14.2. The van der Waals surface area contributed by atoms with Gasteiger partial charge in [-0.1, -0.05) is 50.2 Å². The van der Waals surface area contributed by atoms with Crippen molar-refractivity contribution in [1.29, 1.82) is 0 Å². The van der Waals surface area contributed by atoms with E-state index in [1.165, 1.54) is 6.07 Å². The number of imidazole rings is 1. The Morgan fingerprint density at radius 2 is 1.74 bits per heavy atom. The summed E-state index contributed by atoms with van der Waals surface area (Å²) in [5.74, 6) is 0.234. The summed E-state index contributed by atoms with van der Waals surface area (Å²) < 4.78 is 25.8. The van der Waals surface area contributed by atoms with Gasteiger partial charge in [0, 0.05) is 47.8 Å². The van der Waals surface area contributed by atoms with Gasteiger partial charge in [-0.25, -0.2) is 14.4 Å². The van der Waals surface area contributed by atoms with E-state index >= 15 is 4.39 Å². The van der Waals surface area contributed by atoms with E-state index in [2.05, 4.69) is 25.1 Å². The molecule has 1 aliphatic heterocycles. The normalized spacial score (nSPS) is 13.9. The van der Waals surface area contributed by atoms with Gasteiger partial charge in [0.25, 0.3) is 5.91 Å². The number of ether oxygens (including phenoxy) is 1. The van der Waals surface area contributed by atoms with E-state index in [1.54, 1.807) is 35.4 Å². The standard InChI is InChI=1S/C32H31FN6O4/c1-32(2,3)31-37-28(38-43-31)25(40)11-10-19-4-9-22(18-24(19)33)23-12-13-34-29-26(23)35-27(36-29)20-5-7-21(8-6-20)30(41)39-14-16-42-17-15-39/h4-9,12-13,18H,10-11,14-17H2,1-3H3,(H,34,35,36). The number of aromatic amines is 1. The first-order valence-corrected chi connectivity index (χ1v) is 14.2. The topological polar surface area (TPSA) is 127 Å². The predicted octanol–water partition coefficient (Wildman–Crippen LogP) is 5.40. The molecular formula is C32H31FN6O4. The SMILES string of the molecule is CC(C)(C)c1nc(C(=O)CCc2ccc(-c3ccnc4nc(-c5ccc(C(=O)N6CCOCC6)cc5)[nH]c34)cc2F)no1. The van der Waals surface area contributed by atoms with E-state index in [9.17, 15) is 9.59 Å². The molecule has 220 valence electrons. The molecule has 0 bridgehead atoms. The Balaban J connectivity index is 1.18. The number of carbonyl (C=O) groups is 2. The largest absolute Gasteiger partial charge is 0.378 e. The van der Waals surface area contributed by atoms with Crippen molar-refractivity contribution in [3.63, 3.8) is 0 Å². The van der Waals surface area contributed by atoms with Crippen molar-refractivity contribution in [2.45, 2.75) is 39.0 Å². The number of benzene rings is 2. The molecule has 2 aromatic carbocycles. The maximum atomic E-state index is 15.2. The van der Waals surface area contributed by atoms with Crippen LogP contribution >= 0.6 is 0 Å². The average Bonchev–Trinajstić information content (AvgIpc) is 3.69. The van der Waals surface area contributed by atoms with E-state index in [4.69, 9.17) is 9.26 Å². The molecule has 0 unspecified atom stereocenters. The van der Waals surface area contributed by atoms with Crippen LogP contribution in [-0.4, -0.2) is 68.0 Å². The number of halogens is 1. The maximum absolute atomic E-state index is 15.2. The summed E-state index contributed by atoms with van der Waals surface area (Å²) in [4.78, 5) is 43.7. The molecule has 0 radical (unpaired) electrons. The number of fused-ring (bicyclic) bond motifs is 1. The predicted molar refractivity (Wildman–Crippen MR) is 157 cm³/mol. The summed E-state index contributed by atoms with van der Waals surface area (Å²) in [6.07, 6.45) is 1.89. The number of amides is 1. The lowest BCUT2D eigenvalue weighted by Gasteiger charge is -2.26. The van der Waals surface area contributed by atoms with Gasteiger partial charge in [-0.3, -0.25) is 9.59 Å². The van der Waals surface area contributed by atoms with Crippen LogP contribution in [0.1, 0.15) is 59.6 Å². The molecule has 0 saturated carbocycles. The molecule has 3 aromatic heterocycles. The van der Waals surface area contributed by atoms with Crippen LogP contribution in [0, 0.1) is 5.82 Å². The highest BCUT2D eigenvalue weighted by Crippen LogP contribution is 2.30. The molecule has 43 heavy (non-hydrogen) atoms. The van der Waals surface area contributed by atoms with Crippen LogP contribution in [0.3, 0.4) is 0 Å². The fourth-order valence-corrected chi connectivity index (χ4v) is 4.93. The summed E-state index contributed by atoms with van der Waals surface area (Å²) in [5, 5.41) is 3.79.